The molecule has 3 heteroatoms. The lowest BCUT2D eigenvalue weighted by atomic mass is 9.85. The fraction of sp³-hybridized carbons (Fsp3) is 0.944. The van der Waals surface area contributed by atoms with Gasteiger partial charge in [-0.05, 0) is 56.9 Å². The Morgan fingerprint density at radius 3 is 2.76 bits per heavy atom. The van der Waals surface area contributed by atoms with Crippen LogP contribution in [0.25, 0.3) is 0 Å². The number of nitrogens with zero attached hydrogens (tertiary/aromatic N) is 1. The summed E-state index contributed by atoms with van der Waals surface area (Å²) in [6.45, 7) is 6.26. The Kier molecular flexibility index (Phi) is 6.51. The third-order valence-electron chi connectivity index (χ3n) is 5.54. The predicted octanol–water partition coefficient (Wildman–Crippen LogP) is 4.03. The first-order valence-electron chi connectivity index (χ1n) is 8.99. The van der Waals surface area contributed by atoms with Gasteiger partial charge in [-0.25, -0.2) is 0 Å². The zero-order valence-corrected chi connectivity index (χ0v) is 13.9. The van der Waals surface area contributed by atoms with E-state index in [0.717, 1.165) is 32.4 Å². The Labute approximate surface area is 130 Å². The van der Waals surface area contributed by atoms with Crippen molar-refractivity contribution in [3.05, 3.63) is 0 Å². The van der Waals surface area contributed by atoms with Crippen LogP contribution in [-0.2, 0) is 4.74 Å². The highest BCUT2D eigenvalue weighted by Gasteiger charge is 2.42. The summed E-state index contributed by atoms with van der Waals surface area (Å²) in [4.78, 5) is 0. The number of hydrogen-bond acceptors (Lipinski definition) is 3. The van der Waals surface area contributed by atoms with Crippen molar-refractivity contribution in [1.82, 2.24) is 5.32 Å². The second-order valence-corrected chi connectivity index (χ2v) is 7.06. The second kappa shape index (κ2) is 8.15. The third kappa shape index (κ3) is 4.20. The van der Waals surface area contributed by atoms with Crippen LogP contribution in [0.1, 0.15) is 71.6 Å². The molecule has 2 aliphatic carbocycles. The van der Waals surface area contributed by atoms with Crippen molar-refractivity contribution >= 4 is 0 Å². The van der Waals surface area contributed by atoms with Crippen molar-refractivity contribution in [3.8, 4) is 6.07 Å². The van der Waals surface area contributed by atoms with Gasteiger partial charge >= 0.3 is 0 Å². The highest BCUT2D eigenvalue weighted by molar-refractivity contribution is 5.14. The first kappa shape index (κ1) is 16.8. The van der Waals surface area contributed by atoms with Gasteiger partial charge in [-0.3, -0.25) is 5.32 Å². The first-order valence-corrected chi connectivity index (χ1v) is 8.99. The lowest BCUT2D eigenvalue weighted by Gasteiger charge is -2.32. The Hall–Kier alpha value is -0.590. The highest BCUT2D eigenvalue weighted by atomic mass is 16.5. The number of nitriles is 1. The maximum atomic E-state index is 9.65. The molecule has 0 aromatic heterocycles. The van der Waals surface area contributed by atoms with E-state index in [4.69, 9.17) is 4.74 Å². The molecule has 1 N–H and O–H groups in total. The van der Waals surface area contributed by atoms with Crippen LogP contribution >= 0.6 is 0 Å². The molecule has 2 fully saturated rings. The van der Waals surface area contributed by atoms with Crippen LogP contribution in [0.5, 0.6) is 0 Å². The zero-order valence-electron chi connectivity index (χ0n) is 13.9. The molecule has 0 aliphatic heterocycles. The van der Waals surface area contributed by atoms with Crippen molar-refractivity contribution in [2.75, 3.05) is 13.2 Å². The molecule has 2 rings (SSSR count). The highest BCUT2D eigenvalue weighted by Crippen LogP contribution is 2.38. The molecule has 0 amide bonds. The van der Waals surface area contributed by atoms with E-state index in [1.54, 1.807) is 0 Å². The van der Waals surface area contributed by atoms with Crippen LogP contribution in [0.3, 0.4) is 0 Å². The summed E-state index contributed by atoms with van der Waals surface area (Å²) in [5, 5.41) is 13.2. The number of hydrogen-bond donors (Lipinski definition) is 1. The molecule has 4 atom stereocenters. The molecule has 0 aromatic rings. The molecule has 0 radical (unpaired) electrons. The van der Waals surface area contributed by atoms with E-state index in [9.17, 15) is 5.26 Å². The van der Waals surface area contributed by atoms with Crippen LogP contribution in [0.15, 0.2) is 0 Å². The summed E-state index contributed by atoms with van der Waals surface area (Å²) >= 11 is 0. The van der Waals surface area contributed by atoms with E-state index in [1.807, 2.05) is 0 Å². The summed E-state index contributed by atoms with van der Waals surface area (Å²) in [7, 11) is 0. The zero-order chi connectivity index (χ0) is 15.1. The summed E-state index contributed by atoms with van der Waals surface area (Å²) in [6.07, 6.45) is 11.2. The number of ether oxygens (including phenoxy) is 1. The van der Waals surface area contributed by atoms with E-state index in [-0.39, 0.29) is 5.54 Å². The number of nitrogens with one attached hydrogen (secondary N) is 1. The molecule has 4 unspecified atom stereocenters. The van der Waals surface area contributed by atoms with Gasteiger partial charge in [0.2, 0.25) is 0 Å². The summed E-state index contributed by atoms with van der Waals surface area (Å²) in [5.74, 6) is 1.18. The second-order valence-electron chi connectivity index (χ2n) is 7.06. The molecule has 0 bridgehead atoms. The smallest absolute Gasteiger partial charge is 0.109 e. The van der Waals surface area contributed by atoms with Crippen LogP contribution in [0.4, 0.5) is 0 Å². The van der Waals surface area contributed by atoms with Crippen LogP contribution in [-0.4, -0.2) is 24.8 Å². The number of rotatable bonds is 7. The molecule has 2 aliphatic rings. The lowest BCUT2D eigenvalue weighted by molar-refractivity contribution is -0.0125. The Bertz CT molecular complexity index is 352. The Morgan fingerprint density at radius 1 is 1.24 bits per heavy atom. The summed E-state index contributed by atoms with van der Waals surface area (Å²) in [5.41, 5.74) is -0.280. The minimum absolute atomic E-state index is 0.280. The van der Waals surface area contributed by atoms with Gasteiger partial charge in [-0.2, -0.15) is 5.26 Å². The molecule has 120 valence electrons. The van der Waals surface area contributed by atoms with Gasteiger partial charge in [-0.15, -0.1) is 0 Å². The minimum Gasteiger partial charge on any atom is -0.378 e. The maximum Gasteiger partial charge on any atom is 0.109 e. The normalized spacial score (nSPS) is 36.5. The quantitative estimate of drug-likeness (QED) is 0.770. The van der Waals surface area contributed by atoms with Crippen LogP contribution in [0, 0.1) is 23.2 Å². The Morgan fingerprint density at radius 2 is 2.05 bits per heavy atom. The lowest BCUT2D eigenvalue weighted by Crippen LogP contribution is -2.47. The van der Waals surface area contributed by atoms with Crippen LogP contribution in [0.2, 0.25) is 0 Å². The van der Waals surface area contributed by atoms with Crippen LogP contribution < -0.4 is 5.32 Å². The molecule has 21 heavy (non-hydrogen) atoms. The van der Waals surface area contributed by atoms with Gasteiger partial charge in [0, 0.05) is 6.61 Å². The fourth-order valence-electron chi connectivity index (χ4n) is 4.13. The third-order valence-corrected chi connectivity index (χ3v) is 5.54. The average Bonchev–Trinajstić information content (AvgIpc) is 2.90. The molecule has 0 heterocycles. The van der Waals surface area contributed by atoms with Crippen molar-refractivity contribution in [1.29, 1.82) is 5.26 Å². The fourth-order valence-corrected chi connectivity index (χ4v) is 4.13. The van der Waals surface area contributed by atoms with E-state index in [2.05, 4.69) is 25.2 Å². The maximum absolute atomic E-state index is 9.65. The van der Waals surface area contributed by atoms with Gasteiger partial charge in [0.25, 0.3) is 0 Å². The minimum atomic E-state index is -0.280. The van der Waals surface area contributed by atoms with E-state index < -0.39 is 0 Å². The molecule has 2 saturated carbocycles. The molecule has 0 aromatic carbocycles. The molecular formula is C18H32N2O. The van der Waals surface area contributed by atoms with E-state index in [0.29, 0.717) is 17.9 Å². The average molecular weight is 292 g/mol. The van der Waals surface area contributed by atoms with Crippen molar-refractivity contribution in [2.24, 2.45) is 11.8 Å². The largest absolute Gasteiger partial charge is 0.378 e. The molecular weight excluding hydrogens is 260 g/mol. The summed E-state index contributed by atoms with van der Waals surface area (Å²) in [6, 6.07) is 2.59. The molecule has 0 spiro atoms. The SMILES string of the molecule is CCCNC1(C#N)CCCC1CCOC1CCCCC1C. The van der Waals surface area contributed by atoms with Crippen molar-refractivity contribution in [2.45, 2.75) is 83.3 Å². The van der Waals surface area contributed by atoms with Crippen molar-refractivity contribution < 1.29 is 4.74 Å². The van der Waals surface area contributed by atoms with Gasteiger partial charge in [0.15, 0.2) is 0 Å². The van der Waals surface area contributed by atoms with Gasteiger partial charge < -0.3 is 4.74 Å². The topological polar surface area (TPSA) is 45.0 Å². The monoisotopic (exact) mass is 292 g/mol. The first-order chi connectivity index (χ1) is 10.2. The van der Waals surface area contributed by atoms with Crippen molar-refractivity contribution in [3.63, 3.8) is 0 Å². The van der Waals surface area contributed by atoms with Gasteiger partial charge in [0.1, 0.15) is 5.54 Å². The van der Waals surface area contributed by atoms with Gasteiger partial charge in [-0.1, -0.05) is 33.1 Å². The Balaban J connectivity index is 1.79. The molecule has 0 saturated heterocycles. The standard InChI is InChI=1S/C18H32N2O/c1-3-12-20-18(14-19)11-6-8-16(18)10-13-21-17-9-5-4-7-15(17)2/h15-17,20H,3-13H2,1-2H3. The van der Waals surface area contributed by atoms with Gasteiger partial charge in [0.05, 0.1) is 12.2 Å². The summed E-state index contributed by atoms with van der Waals surface area (Å²) < 4.78 is 6.16. The van der Waals surface area contributed by atoms with E-state index >= 15 is 0 Å². The molecule has 3 nitrogen and oxygen atoms in total. The van der Waals surface area contributed by atoms with E-state index in [1.165, 1.54) is 38.5 Å². The predicted molar refractivity (Wildman–Crippen MR) is 86.0 cm³/mol.